The highest BCUT2D eigenvalue weighted by molar-refractivity contribution is 14.0. The van der Waals surface area contributed by atoms with E-state index in [4.69, 9.17) is 0 Å². The van der Waals surface area contributed by atoms with Crippen LogP contribution in [0.1, 0.15) is 19.2 Å². The highest BCUT2D eigenvalue weighted by Gasteiger charge is 2.06. The maximum Gasteiger partial charge on any atom is 0.191 e. The van der Waals surface area contributed by atoms with E-state index >= 15 is 0 Å². The monoisotopic (exact) mass is 336 g/mol. The largest absolute Gasteiger partial charge is 0.356 e. The molecule has 0 radical (unpaired) electrons. The molecule has 2 rings (SSSR count). The Hall–Kier alpha value is -0.860. The van der Waals surface area contributed by atoms with E-state index in [2.05, 4.69) is 32.6 Å². The Balaban J connectivity index is 0.00000128. The zero-order valence-corrected chi connectivity index (χ0v) is 11.6. The number of hydrogen-bond acceptors (Lipinski definition) is 5. The second-order valence-corrected chi connectivity index (χ2v) is 3.36. The summed E-state index contributed by atoms with van der Waals surface area (Å²) >= 11 is 0. The van der Waals surface area contributed by atoms with E-state index in [0.717, 1.165) is 37.8 Å². The summed E-state index contributed by atoms with van der Waals surface area (Å²) < 4.78 is 1.87. The molecule has 0 saturated heterocycles. The molecule has 2 heterocycles. The molecule has 0 spiro atoms. The molecule has 6 nitrogen and oxygen atoms in total. The summed E-state index contributed by atoms with van der Waals surface area (Å²) in [6.07, 6.45) is 2.69. The molecule has 0 saturated carbocycles. The lowest BCUT2D eigenvalue weighted by Crippen LogP contribution is -2.40. The first kappa shape index (κ1) is 13.2. The fraction of sp³-hybridized carbons (Fsp3) is 0.667. The van der Waals surface area contributed by atoms with Gasteiger partial charge in [-0.3, -0.25) is 4.99 Å². The van der Waals surface area contributed by atoms with Crippen LogP contribution in [0.5, 0.6) is 0 Å². The number of rotatable bonds is 3. The summed E-state index contributed by atoms with van der Waals surface area (Å²) in [6, 6.07) is 0. The molecule has 0 aromatic carbocycles. The summed E-state index contributed by atoms with van der Waals surface area (Å²) in [7, 11) is 0. The number of guanidine groups is 1. The first-order valence-corrected chi connectivity index (χ1v) is 5.29. The van der Waals surface area contributed by atoms with Crippen LogP contribution >= 0.6 is 24.0 Å². The third-order valence-corrected chi connectivity index (χ3v) is 2.31. The van der Waals surface area contributed by atoms with Crippen molar-refractivity contribution in [1.29, 1.82) is 0 Å². The van der Waals surface area contributed by atoms with Gasteiger partial charge in [-0.25, -0.2) is 9.67 Å². The van der Waals surface area contributed by atoms with Crippen LogP contribution in [-0.2, 0) is 13.1 Å². The smallest absolute Gasteiger partial charge is 0.191 e. The van der Waals surface area contributed by atoms with E-state index < -0.39 is 0 Å². The fourth-order valence-corrected chi connectivity index (χ4v) is 1.50. The maximum absolute atomic E-state index is 4.32. The van der Waals surface area contributed by atoms with Crippen molar-refractivity contribution in [2.75, 3.05) is 13.1 Å². The molecule has 0 unspecified atom stereocenters. The standard InChI is InChI=1S/C9H16N6.HI/c1-2-15-8(13-7-14-15)6-12-9-10-4-3-5-11-9;/h7H,2-6H2,1H3,(H2,10,11,12);1H. The molecule has 7 heteroatoms. The third-order valence-electron chi connectivity index (χ3n) is 2.31. The quantitative estimate of drug-likeness (QED) is 0.782. The Kier molecular flexibility index (Phi) is 5.50. The number of aliphatic imine (C=N–C) groups is 1. The number of hydrogen-bond donors (Lipinski definition) is 2. The Labute approximate surface area is 112 Å². The number of nitrogens with zero attached hydrogens (tertiary/aromatic N) is 4. The minimum Gasteiger partial charge on any atom is -0.356 e. The van der Waals surface area contributed by atoms with Gasteiger partial charge < -0.3 is 10.6 Å². The molecule has 1 aromatic rings. The van der Waals surface area contributed by atoms with E-state index in [0.29, 0.717) is 6.54 Å². The highest BCUT2D eigenvalue weighted by Crippen LogP contribution is 1.94. The Morgan fingerprint density at radius 3 is 3.12 bits per heavy atom. The molecule has 1 aliphatic heterocycles. The average molecular weight is 336 g/mol. The molecule has 90 valence electrons. The zero-order valence-electron chi connectivity index (χ0n) is 9.31. The SMILES string of the molecule is CCn1ncnc1CNC1=NCCCN1.I. The van der Waals surface area contributed by atoms with Gasteiger partial charge in [0.1, 0.15) is 12.2 Å². The molecule has 0 aliphatic carbocycles. The van der Waals surface area contributed by atoms with Crippen LogP contribution in [0, 0.1) is 0 Å². The van der Waals surface area contributed by atoms with Gasteiger partial charge in [0.05, 0.1) is 6.54 Å². The number of halogens is 1. The minimum absolute atomic E-state index is 0. The summed E-state index contributed by atoms with van der Waals surface area (Å²) in [5, 5.41) is 10.5. The van der Waals surface area contributed by atoms with Gasteiger partial charge in [-0.1, -0.05) is 0 Å². The van der Waals surface area contributed by atoms with Gasteiger partial charge in [-0.2, -0.15) is 5.10 Å². The normalized spacial score (nSPS) is 14.7. The van der Waals surface area contributed by atoms with Crippen molar-refractivity contribution in [2.24, 2.45) is 4.99 Å². The summed E-state index contributed by atoms with van der Waals surface area (Å²) in [5.41, 5.74) is 0. The van der Waals surface area contributed by atoms with Crippen molar-refractivity contribution >= 4 is 29.9 Å². The Morgan fingerprint density at radius 1 is 1.56 bits per heavy atom. The van der Waals surface area contributed by atoms with Gasteiger partial charge >= 0.3 is 0 Å². The van der Waals surface area contributed by atoms with Crippen LogP contribution < -0.4 is 10.6 Å². The van der Waals surface area contributed by atoms with Crippen molar-refractivity contribution in [3.05, 3.63) is 12.2 Å². The van der Waals surface area contributed by atoms with Crippen LogP contribution in [0.15, 0.2) is 11.3 Å². The number of aromatic nitrogens is 3. The fourth-order valence-electron chi connectivity index (χ4n) is 1.50. The Bertz CT molecular complexity index is 348. The van der Waals surface area contributed by atoms with Crippen LogP contribution in [0.25, 0.3) is 0 Å². The molecule has 2 N–H and O–H groups in total. The van der Waals surface area contributed by atoms with Crippen LogP contribution in [-0.4, -0.2) is 33.8 Å². The number of aryl methyl sites for hydroxylation is 1. The van der Waals surface area contributed by atoms with Crippen molar-refractivity contribution < 1.29 is 0 Å². The van der Waals surface area contributed by atoms with Crippen LogP contribution in [0.2, 0.25) is 0 Å². The van der Waals surface area contributed by atoms with E-state index in [1.807, 2.05) is 4.68 Å². The van der Waals surface area contributed by atoms with E-state index in [1.165, 1.54) is 0 Å². The summed E-state index contributed by atoms with van der Waals surface area (Å²) in [5.74, 6) is 1.81. The minimum atomic E-state index is 0. The lowest BCUT2D eigenvalue weighted by Gasteiger charge is -2.15. The predicted octanol–water partition coefficient (Wildman–Crippen LogP) is 0.355. The summed E-state index contributed by atoms with van der Waals surface area (Å²) in [4.78, 5) is 8.50. The molecule has 0 bridgehead atoms. The first-order chi connectivity index (χ1) is 7.40. The summed E-state index contributed by atoms with van der Waals surface area (Å²) in [6.45, 7) is 5.45. The van der Waals surface area contributed by atoms with Crippen LogP contribution in [0.4, 0.5) is 0 Å². The number of nitrogens with one attached hydrogen (secondary N) is 2. The second-order valence-electron chi connectivity index (χ2n) is 3.36. The lowest BCUT2D eigenvalue weighted by atomic mass is 10.4. The lowest BCUT2D eigenvalue weighted by molar-refractivity contribution is 0.599. The van der Waals surface area contributed by atoms with Gasteiger partial charge in [0.25, 0.3) is 0 Å². The third kappa shape index (κ3) is 3.32. The topological polar surface area (TPSA) is 67.1 Å². The van der Waals surface area contributed by atoms with Crippen molar-refractivity contribution in [3.63, 3.8) is 0 Å². The van der Waals surface area contributed by atoms with Gasteiger partial charge in [-0.05, 0) is 13.3 Å². The van der Waals surface area contributed by atoms with Gasteiger partial charge in [0, 0.05) is 19.6 Å². The molecule has 16 heavy (non-hydrogen) atoms. The molecule has 1 aliphatic rings. The molecule has 0 amide bonds. The maximum atomic E-state index is 4.32. The van der Waals surface area contributed by atoms with Gasteiger partial charge in [0.2, 0.25) is 0 Å². The predicted molar refractivity (Wildman–Crippen MR) is 72.9 cm³/mol. The van der Waals surface area contributed by atoms with Crippen molar-refractivity contribution in [1.82, 2.24) is 25.4 Å². The highest BCUT2D eigenvalue weighted by atomic mass is 127. The second kappa shape index (κ2) is 6.66. The van der Waals surface area contributed by atoms with Crippen molar-refractivity contribution in [3.8, 4) is 0 Å². The zero-order chi connectivity index (χ0) is 10.5. The molecular formula is C9H17IN6. The first-order valence-electron chi connectivity index (χ1n) is 5.29. The van der Waals surface area contributed by atoms with E-state index in [9.17, 15) is 0 Å². The van der Waals surface area contributed by atoms with Crippen LogP contribution in [0.3, 0.4) is 0 Å². The molecule has 0 fully saturated rings. The van der Waals surface area contributed by atoms with Crippen molar-refractivity contribution in [2.45, 2.75) is 26.4 Å². The van der Waals surface area contributed by atoms with Gasteiger partial charge in [0.15, 0.2) is 5.96 Å². The molecule has 1 aromatic heterocycles. The molecular weight excluding hydrogens is 319 g/mol. The average Bonchev–Trinajstić information content (AvgIpc) is 2.75. The van der Waals surface area contributed by atoms with E-state index in [1.54, 1.807) is 6.33 Å². The van der Waals surface area contributed by atoms with Gasteiger partial charge in [-0.15, -0.1) is 24.0 Å². The molecule has 0 atom stereocenters. The van der Waals surface area contributed by atoms with E-state index in [-0.39, 0.29) is 24.0 Å². The Morgan fingerprint density at radius 2 is 2.44 bits per heavy atom.